The molecule has 0 saturated heterocycles. The molecular formula is C10H11ClO2. The molecule has 0 saturated carbocycles. The first-order valence-corrected chi connectivity index (χ1v) is 4.68. The Balaban J connectivity index is 2.67. The highest BCUT2D eigenvalue weighted by atomic mass is 35.5. The Hall–Kier alpha value is -0.730. The molecular weight excluding hydrogens is 188 g/mol. The van der Waals surface area contributed by atoms with Gasteiger partial charge >= 0.3 is 0 Å². The third-order valence-electron chi connectivity index (χ3n) is 2.61. The monoisotopic (exact) mass is 198 g/mol. The third kappa shape index (κ3) is 1.21. The molecule has 3 heteroatoms. The standard InChI is InChI=1S/C10H11ClO2/c1-5-4-8(13)10-7(12)3-2-6(11)9(5)10/h2-3,5,8,12-13H,4H2,1H3. The minimum atomic E-state index is -0.566. The van der Waals surface area contributed by atoms with Gasteiger partial charge in [-0.1, -0.05) is 18.5 Å². The molecule has 2 N–H and O–H groups in total. The number of halogens is 1. The van der Waals surface area contributed by atoms with Crippen molar-refractivity contribution in [3.8, 4) is 5.75 Å². The molecule has 0 radical (unpaired) electrons. The van der Waals surface area contributed by atoms with Gasteiger partial charge in [-0.3, -0.25) is 0 Å². The van der Waals surface area contributed by atoms with E-state index in [-0.39, 0.29) is 11.7 Å². The van der Waals surface area contributed by atoms with Crippen LogP contribution in [0.3, 0.4) is 0 Å². The summed E-state index contributed by atoms with van der Waals surface area (Å²) in [6.45, 7) is 2.00. The fraction of sp³-hybridized carbons (Fsp3) is 0.400. The quantitative estimate of drug-likeness (QED) is 0.673. The molecule has 13 heavy (non-hydrogen) atoms. The van der Waals surface area contributed by atoms with Gasteiger partial charge in [0.15, 0.2) is 0 Å². The molecule has 1 aliphatic rings. The predicted molar refractivity (Wildman–Crippen MR) is 51.1 cm³/mol. The molecule has 2 rings (SSSR count). The highest BCUT2D eigenvalue weighted by Crippen LogP contribution is 2.47. The van der Waals surface area contributed by atoms with Crippen LogP contribution in [0.5, 0.6) is 5.75 Å². The molecule has 2 unspecified atom stereocenters. The second-order valence-corrected chi connectivity index (χ2v) is 3.95. The number of benzene rings is 1. The molecule has 70 valence electrons. The Kier molecular flexibility index (Phi) is 1.97. The van der Waals surface area contributed by atoms with E-state index < -0.39 is 6.10 Å². The average Bonchev–Trinajstić information content (AvgIpc) is 2.36. The molecule has 0 bridgehead atoms. The summed E-state index contributed by atoms with van der Waals surface area (Å²) in [7, 11) is 0. The maximum Gasteiger partial charge on any atom is 0.121 e. The van der Waals surface area contributed by atoms with Gasteiger partial charge < -0.3 is 10.2 Å². The van der Waals surface area contributed by atoms with E-state index in [1.165, 1.54) is 6.07 Å². The van der Waals surface area contributed by atoms with Gasteiger partial charge in [-0.15, -0.1) is 0 Å². The first-order chi connectivity index (χ1) is 6.11. The first-order valence-electron chi connectivity index (χ1n) is 4.30. The van der Waals surface area contributed by atoms with Gasteiger partial charge in [-0.25, -0.2) is 0 Å². The van der Waals surface area contributed by atoms with E-state index in [0.29, 0.717) is 17.0 Å². The lowest BCUT2D eigenvalue weighted by molar-refractivity contribution is 0.171. The van der Waals surface area contributed by atoms with Crippen LogP contribution < -0.4 is 0 Å². The van der Waals surface area contributed by atoms with Gasteiger partial charge in [-0.05, 0) is 30.0 Å². The molecule has 0 heterocycles. The summed E-state index contributed by atoms with van der Waals surface area (Å²) in [5, 5.41) is 19.8. The lowest BCUT2D eigenvalue weighted by atomic mass is 10.0. The second kappa shape index (κ2) is 2.89. The van der Waals surface area contributed by atoms with E-state index in [2.05, 4.69) is 0 Å². The average molecular weight is 199 g/mol. The number of hydrogen-bond acceptors (Lipinski definition) is 2. The van der Waals surface area contributed by atoms with Crippen LogP contribution in [-0.2, 0) is 0 Å². The van der Waals surface area contributed by atoms with Crippen molar-refractivity contribution < 1.29 is 10.2 Å². The summed E-state index contributed by atoms with van der Waals surface area (Å²) in [6, 6.07) is 3.20. The molecule has 0 aromatic heterocycles. The normalized spacial score (nSPS) is 26.1. The highest BCUT2D eigenvalue weighted by molar-refractivity contribution is 6.31. The van der Waals surface area contributed by atoms with Crippen molar-refractivity contribution in [1.82, 2.24) is 0 Å². The number of rotatable bonds is 0. The smallest absolute Gasteiger partial charge is 0.121 e. The van der Waals surface area contributed by atoms with Gasteiger partial charge in [0, 0.05) is 10.6 Å². The number of aromatic hydroxyl groups is 1. The van der Waals surface area contributed by atoms with E-state index >= 15 is 0 Å². The molecule has 0 aliphatic heterocycles. The Morgan fingerprint density at radius 1 is 1.38 bits per heavy atom. The largest absolute Gasteiger partial charge is 0.508 e. The van der Waals surface area contributed by atoms with Crippen LogP contribution in [0.2, 0.25) is 5.02 Å². The van der Waals surface area contributed by atoms with Crippen molar-refractivity contribution in [2.45, 2.75) is 25.4 Å². The van der Waals surface area contributed by atoms with Gasteiger partial charge in [0.05, 0.1) is 6.10 Å². The predicted octanol–water partition coefficient (Wildman–Crippen LogP) is 2.59. The number of phenolic OH excluding ortho intramolecular Hbond substituents is 1. The van der Waals surface area contributed by atoms with Crippen LogP contribution in [-0.4, -0.2) is 10.2 Å². The Morgan fingerprint density at radius 3 is 2.69 bits per heavy atom. The summed E-state index contributed by atoms with van der Waals surface area (Å²) in [6.07, 6.45) is 0.0794. The maximum absolute atomic E-state index is 9.64. The second-order valence-electron chi connectivity index (χ2n) is 3.55. The molecule has 0 spiro atoms. The van der Waals surface area contributed by atoms with Crippen LogP contribution in [0.15, 0.2) is 12.1 Å². The summed E-state index contributed by atoms with van der Waals surface area (Å²) in [5.74, 6) is 0.376. The van der Waals surface area contributed by atoms with Crippen molar-refractivity contribution in [3.05, 3.63) is 28.3 Å². The Bertz CT molecular complexity index is 316. The van der Waals surface area contributed by atoms with Gasteiger partial charge in [0.2, 0.25) is 0 Å². The number of aliphatic hydroxyl groups excluding tert-OH is 1. The molecule has 2 atom stereocenters. The molecule has 2 nitrogen and oxygen atoms in total. The van der Waals surface area contributed by atoms with Crippen molar-refractivity contribution >= 4 is 11.6 Å². The fourth-order valence-corrected chi connectivity index (χ4v) is 2.37. The zero-order valence-electron chi connectivity index (χ0n) is 7.29. The van der Waals surface area contributed by atoms with E-state index in [1.54, 1.807) is 6.07 Å². The Morgan fingerprint density at radius 2 is 2.08 bits per heavy atom. The summed E-state index contributed by atoms with van der Waals surface area (Å²) in [4.78, 5) is 0. The maximum atomic E-state index is 9.64. The number of fused-ring (bicyclic) bond motifs is 1. The lowest BCUT2D eigenvalue weighted by Gasteiger charge is -2.08. The highest BCUT2D eigenvalue weighted by Gasteiger charge is 2.31. The summed E-state index contributed by atoms with van der Waals surface area (Å²) < 4.78 is 0. The van der Waals surface area contributed by atoms with Crippen molar-refractivity contribution in [3.63, 3.8) is 0 Å². The summed E-state index contributed by atoms with van der Waals surface area (Å²) >= 11 is 5.98. The van der Waals surface area contributed by atoms with Gasteiger partial charge in [-0.2, -0.15) is 0 Å². The van der Waals surface area contributed by atoms with Crippen molar-refractivity contribution in [2.75, 3.05) is 0 Å². The molecule has 0 fully saturated rings. The SMILES string of the molecule is CC1CC(O)c2c(O)ccc(Cl)c21. The minimum Gasteiger partial charge on any atom is -0.508 e. The van der Waals surface area contributed by atoms with E-state index in [0.717, 1.165) is 5.56 Å². The number of aliphatic hydroxyl groups is 1. The molecule has 1 aromatic carbocycles. The van der Waals surface area contributed by atoms with E-state index in [1.807, 2.05) is 6.92 Å². The van der Waals surface area contributed by atoms with Gasteiger partial charge in [0.25, 0.3) is 0 Å². The fourth-order valence-electron chi connectivity index (χ4n) is 2.02. The van der Waals surface area contributed by atoms with E-state index in [4.69, 9.17) is 11.6 Å². The van der Waals surface area contributed by atoms with E-state index in [9.17, 15) is 10.2 Å². The third-order valence-corrected chi connectivity index (χ3v) is 2.94. The van der Waals surface area contributed by atoms with Crippen LogP contribution >= 0.6 is 11.6 Å². The lowest BCUT2D eigenvalue weighted by Crippen LogP contribution is -1.90. The van der Waals surface area contributed by atoms with Crippen LogP contribution in [0.1, 0.15) is 36.5 Å². The molecule has 1 aromatic rings. The summed E-state index contributed by atoms with van der Waals surface area (Å²) in [5.41, 5.74) is 1.51. The topological polar surface area (TPSA) is 40.5 Å². The molecule has 1 aliphatic carbocycles. The number of phenols is 1. The van der Waals surface area contributed by atoms with Crippen LogP contribution in [0.25, 0.3) is 0 Å². The van der Waals surface area contributed by atoms with Crippen molar-refractivity contribution in [2.24, 2.45) is 0 Å². The van der Waals surface area contributed by atoms with Crippen LogP contribution in [0, 0.1) is 0 Å². The molecule has 0 amide bonds. The van der Waals surface area contributed by atoms with Gasteiger partial charge in [0.1, 0.15) is 5.75 Å². The zero-order valence-corrected chi connectivity index (χ0v) is 8.04. The first kappa shape index (κ1) is 8.85. The van der Waals surface area contributed by atoms with Crippen molar-refractivity contribution in [1.29, 1.82) is 0 Å². The Labute approximate surface area is 81.8 Å². The zero-order chi connectivity index (χ0) is 9.59. The van der Waals surface area contributed by atoms with Crippen LogP contribution in [0.4, 0.5) is 0 Å². The minimum absolute atomic E-state index is 0.149. The number of hydrogen-bond donors (Lipinski definition) is 2.